The molecule has 8 nitrogen and oxygen atoms in total. The lowest BCUT2D eigenvalue weighted by Gasteiger charge is -2.62. The van der Waals surface area contributed by atoms with Crippen LogP contribution in [0, 0.1) is 49.9 Å². The smallest absolute Gasteiger partial charge is 0.312 e. The number of halogens is 1. The Morgan fingerprint density at radius 1 is 0.640 bits per heavy atom. The van der Waals surface area contributed by atoms with E-state index in [2.05, 4.69) is 91.0 Å². The number of hydrogen-bond acceptors (Lipinski definition) is 8. The number of methoxy groups -OCH3 is 1. The zero-order chi connectivity index (χ0) is 50.5. The largest absolute Gasteiger partial charge is 0.508 e. The van der Waals surface area contributed by atoms with Crippen molar-refractivity contribution in [2.75, 3.05) is 13.7 Å². The van der Waals surface area contributed by atoms with Crippen LogP contribution >= 0.6 is 22.6 Å². The molecule has 3 atom stereocenters. The quantitative estimate of drug-likeness (QED) is 0.0950. The van der Waals surface area contributed by atoms with Crippen molar-refractivity contribution in [3.05, 3.63) is 51.1 Å². The van der Waals surface area contributed by atoms with Gasteiger partial charge in [-0.1, -0.05) is 141 Å². The molecule has 4 bridgehead atoms. The standard InChI is InChI=1S/C19H32O2.C15H23IO3.C14H26O2.C10H14O.8CH4/c1-6-18(4,5)17(20)21-19(12(2)3)15-8-13-7-14(10-15)11-16(19)9-13;1-6-10(3)12-8-13(16)15(9-14(12)17-5)19-11(4)18-7-2;1-6-13(4,5)12(15)16-14(11(2)3)9-7-8-10-14;1-3-8(2)9-4-6-10(11)7-5-9;;;;;;;;/h12-16H,6-11H2,1-5H3;8-11H,6-7H2,1-5H3;11H,6-10H2,1-5H3;4-8,11H,3H2,1-2H3;8*1H4. The topological polar surface area (TPSA) is 101 Å². The molecule has 0 radical (unpaired) electrons. The highest BCUT2D eigenvalue weighted by Gasteiger charge is 2.61. The highest BCUT2D eigenvalue weighted by molar-refractivity contribution is 14.1. The molecule has 7 rings (SSSR count). The monoisotopic (exact) mass is 1170 g/mol. The molecule has 1 N–H and O–H groups in total. The summed E-state index contributed by atoms with van der Waals surface area (Å²) >= 11 is 2.29. The van der Waals surface area contributed by atoms with E-state index in [1.165, 1.54) is 56.1 Å². The Balaban J connectivity index is -0.000000208. The second-order valence-corrected chi connectivity index (χ2v) is 23.5. The van der Waals surface area contributed by atoms with Crippen LogP contribution in [0.1, 0.15) is 277 Å². The number of phenols is 1. The van der Waals surface area contributed by atoms with E-state index < -0.39 is 0 Å². The minimum atomic E-state index is -0.351. The van der Waals surface area contributed by atoms with Crippen LogP contribution in [-0.2, 0) is 23.8 Å². The number of esters is 2. The lowest BCUT2D eigenvalue weighted by molar-refractivity contribution is -0.231. The van der Waals surface area contributed by atoms with Crippen molar-refractivity contribution < 1.29 is 38.4 Å². The normalized spacial score (nSPS) is 21.4. The van der Waals surface area contributed by atoms with Crippen LogP contribution in [0.15, 0.2) is 36.4 Å². The average Bonchev–Trinajstić information content (AvgIpc) is 3.78. The molecule has 5 fully saturated rings. The number of carbonyl (C=O) groups is 2. The third kappa shape index (κ3) is 21.9. The van der Waals surface area contributed by atoms with E-state index in [9.17, 15) is 9.59 Å². The number of benzene rings is 2. The maximum absolute atomic E-state index is 12.8. The number of carbonyl (C=O) groups excluding carboxylic acids is 2. The van der Waals surface area contributed by atoms with Crippen LogP contribution < -0.4 is 9.47 Å². The first-order chi connectivity index (χ1) is 31.4. The molecule has 0 heterocycles. The molecular weight excluding hydrogens is 1050 g/mol. The second-order valence-electron chi connectivity index (χ2n) is 22.4. The molecule has 0 amide bonds. The van der Waals surface area contributed by atoms with E-state index in [0.29, 0.717) is 47.9 Å². The highest BCUT2D eigenvalue weighted by atomic mass is 127. The molecule has 5 aliphatic carbocycles. The summed E-state index contributed by atoms with van der Waals surface area (Å²) < 4.78 is 30.0. The molecule has 0 aliphatic heterocycles. The van der Waals surface area contributed by atoms with Gasteiger partial charge in [-0.25, -0.2) is 0 Å². The summed E-state index contributed by atoms with van der Waals surface area (Å²) in [5, 5.41) is 9.01. The summed E-state index contributed by atoms with van der Waals surface area (Å²) in [6.07, 6.45) is 14.7. The van der Waals surface area contributed by atoms with E-state index in [1.807, 2.05) is 66.7 Å². The number of aromatic hydroxyl groups is 1. The van der Waals surface area contributed by atoms with E-state index in [4.69, 9.17) is 28.8 Å². The molecule has 2 aromatic carbocycles. The van der Waals surface area contributed by atoms with Gasteiger partial charge < -0.3 is 28.8 Å². The van der Waals surface area contributed by atoms with Crippen LogP contribution in [-0.4, -0.2) is 48.3 Å². The van der Waals surface area contributed by atoms with Crippen molar-refractivity contribution in [1.29, 1.82) is 0 Å². The predicted molar refractivity (Wildman–Crippen MR) is 338 cm³/mol. The van der Waals surface area contributed by atoms with Gasteiger partial charge in [-0.2, -0.15) is 0 Å². The summed E-state index contributed by atoms with van der Waals surface area (Å²) in [6, 6.07) is 11.5. The molecule has 3 unspecified atom stereocenters. The lowest BCUT2D eigenvalue weighted by atomic mass is 9.47. The zero-order valence-corrected chi connectivity index (χ0v) is 47.4. The van der Waals surface area contributed by atoms with Gasteiger partial charge in [0.15, 0.2) is 6.29 Å². The summed E-state index contributed by atoms with van der Waals surface area (Å²) in [5.41, 5.74) is 1.48. The van der Waals surface area contributed by atoms with Gasteiger partial charge in [0.2, 0.25) is 0 Å². The fourth-order valence-corrected chi connectivity index (χ4v) is 11.4. The fourth-order valence-electron chi connectivity index (χ4n) is 10.7. The van der Waals surface area contributed by atoms with E-state index in [1.54, 1.807) is 19.2 Å². The fraction of sp³-hybridized carbons (Fsp3) is 0.788. The third-order valence-electron chi connectivity index (χ3n) is 16.5. The van der Waals surface area contributed by atoms with Gasteiger partial charge in [-0.05, 0) is 224 Å². The summed E-state index contributed by atoms with van der Waals surface area (Å²) in [7, 11) is 1.70. The van der Waals surface area contributed by atoms with Crippen molar-refractivity contribution >= 4 is 34.5 Å². The van der Waals surface area contributed by atoms with E-state index >= 15 is 0 Å². The van der Waals surface area contributed by atoms with Crippen LogP contribution in [0.5, 0.6) is 17.2 Å². The third-order valence-corrected chi connectivity index (χ3v) is 17.3. The SMILES string of the molecule is C.C.C.C.C.C.C.C.CCC(C)(C)C(=O)OC1(C(C)C)C2CC3CC(C2)CC1C3.CCC(C)(C)C(=O)OC1(C(C)C)CCCC1.CCC(C)c1ccc(O)cc1.CCOC(C)Oc1cc(OC)c(C(C)CC)cc1I. The summed E-state index contributed by atoms with van der Waals surface area (Å²) in [5.74, 6) is 7.03. The Morgan fingerprint density at radius 2 is 1.08 bits per heavy atom. The predicted octanol–water partition coefficient (Wildman–Crippen LogP) is 21.3. The molecule has 5 saturated carbocycles. The number of rotatable bonds is 17. The Bertz CT molecular complexity index is 1780. The van der Waals surface area contributed by atoms with Gasteiger partial charge in [0, 0.05) is 12.7 Å². The van der Waals surface area contributed by atoms with Crippen molar-refractivity contribution in [2.24, 2.45) is 46.3 Å². The van der Waals surface area contributed by atoms with Gasteiger partial charge >= 0.3 is 11.9 Å². The van der Waals surface area contributed by atoms with Crippen molar-refractivity contribution in [1.82, 2.24) is 0 Å². The first-order valence-electron chi connectivity index (χ1n) is 26.3. The van der Waals surface area contributed by atoms with Crippen LogP contribution in [0.2, 0.25) is 0 Å². The van der Waals surface area contributed by atoms with Crippen LogP contribution in [0.25, 0.3) is 0 Å². The molecule has 0 aromatic heterocycles. The highest BCUT2D eigenvalue weighted by Crippen LogP contribution is 2.62. The molecule has 0 spiro atoms. The van der Waals surface area contributed by atoms with Crippen LogP contribution in [0.3, 0.4) is 0 Å². The van der Waals surface area contributed by atoms with E-state index in [0.717, 1.165) is 65.4 Å². The van der Waals surface area contributed by atoms with Gasteiger partial charge in [0.1, 0.15) is 28.5 Å². The number of hydrogen-bond donors (Lipinski definition) is 1. The van der Waals surface area contributed by atoms with Crippen molar-refractivity contribution in [3.63, 3.8) is 0 Å². The van der Waals surface area contributed by atoms with Crippen LogP contribution in [0.4, 0.5) is 0 Å². The van der Waals surface area contributed by atoms with Crippen molar-refractivity contribution in [3.8, 4) is 17.2 Å². The first kappa shape index (κ1) is 83.8. The number of ether oxygens (including phenoxy) is 5. The first-order valence-corrected chi connectivity index (χ1v) is 27.4. The Hall–Kier alpha value is -2.53. The lowest BCUT2D eigenvalue weighted by Crippen LogP contribution is -2.63. The maximum Gasteiger partial charge on any atom is 0.312 e. The average molecular weight is 1180 g/mol. The second kappa shape index (κ2) is 37.4. The zero-order valence-electron chi connectivity index (χ0n) is 45.2. The minimum Gasteiger partial charge on any atom is -0.508 e. The summed E-state index contributed by atoms with van der Waals surface area (Å²) in [6.45, 7) is 34.2. The maximum atomic E-state index is 12.8. The summed E-state index contributed by atoms with van der Waals surface area (Å²) in [4.78, 5) is 24.9. The Morgan fingerprint density at radius 3 is 1.45 bits per heavy atom. The molecule has 5 aliphatic rings. The molecule has 0 saturated heterocycles. The molecule has 9 heteroatoms. The number of phenolic OH excluding ortho intramolecular Hbond substituents is 1. The van der Waals surface area contributed by atoms with Gasteiger partial charge in [-0.15, -0.1) is 0 Å². The van der Waals surface area contributed by atoms with Gasteiger partial charge in [0.25, 0.3) is 0 Å². The molecule has 75 heavy (non-hydrogen) atoms. The molecule has 446 valence electrons. The van der Waals surface area contributed by atoms with E-state index in [-0.39, 0.29) is 99.7 Å². The van der Waals surface area contributed by atoms with Gasteiger partial charge in [-0.3, -0.25) is 9.59 Å². The van der Waals surface area contributed by atoms with Gasteiger partial charge in [0.05, 0.1) is 21.5 Å². The molecule has 2 aromatic rings. The Labute approximate surface area is 481 Å². The van der Waals surface area contributed by atoms with Crippen molar-refractivity contribution in [2.45, 2.75) is 283 Å². The minimum absolute atomic E-state index is 0. The Kier molecular flexibility index (Phi) is 41.7. The molecular formula is C66H127IO8.